The molecule has 0 radical (unpaired) electrons. The van der Waals surface area contributed by atoms with E-state index >= 15 is 0 Å². The highest BCUT2D eigenvalue weighted by molar-refractivity contribution is 5.63. The van der Waals surface area contributed by atoms with E-state index in [-0.39, 0.29) is 0 Å². The Kier molecular flexibility index (Phi) is 2.79. The maximum atomic E-state index is 5.39. The van der Waals surface area contributed by atoms with Crippen LogP contribution < -0.4 is 9.47 Å². The zero-order chi connectivity index (χ0) is 13.2. The number of fused-ring (bicyclic) bond motifs is 1. The molecule has 0 saturated heterocycles. The number of ether oxygens (including phenoxy) is 2. The molecule has 2 heterocycles. The summed E-state index contributed by atoms with van der Waals surface area (Å²) in [6.45, 7) is 0. The van der Waals surface area contributed by atoms with Gasteiger partial charge < -0.3 is 9.47 Å². The van der Waals surface area contributed by atoms with Gasteiger partial charge in [-0.3, -0.25) is 0 Å². The number of hydrogen-bond acceptors (Lipinski definition) is 4. The third-order valence-corrected chi connectivity index (χ3v) is 2.91. The molecule has 0 amide bonds. The molecule has 0 saturated carbocycles. The van der Waals surface area contributed by atoms with Gasteiger partial charge in [0.05, 0.1) is 32.2 Å². The molecule has 0 aliphatic heterocycles. The van der Waals surface area contributed by atoms with Crippen LogP contribution in [0.2, 0.25) is 0 Å². The molecular formula is C14H13N3O2. The minimum absolute atomic E-state index is 0.481. The molecule has 0 aliphatic rings. The van der Waals surface area contributed by atoms with Crippen molar-refractivity contribution < 1.29 is 9.47 Å². The summed E-state index contributed by atoms with van der Waals surface area (Å²) >= 11 is 0. The quantitative estimate of drug-likeness (QED) is 0.721. The van der Waals surface area contributed by atoms with E-state index in [9.17, 15) is 0 Å². The lowest BCUT2D eigenvalue weighted by Crippen LogP contribution is -2.00. The smallest absolute Gasteiger partial charge is 0.240 e. The molecule has 1 aromatic carbocycles. The van der Waals surface area contributed by atoms with Crippen LogP contribution in [0.4, 0.5) is 0 Å². The van der Waals surface area contributed by atoms with E-state index < -0.39 is 0 Å². The van der Waals surface area contributed by atoms with Crippen molar-refractivity contribution in [2.24, 2.45) is 0 Å². The van der Waals surface area contributed by atoms with Crippen LogP contribution >= 0.6 is 0 Å². The van der Waals surface area contributed by atoms with E-state index in [0.717, 1.165) is 11.3 Å². The second kappa shape index (κ2) is 4.61. The summed E-state index contributed by atoms with van der Waals surface area (Å²) in [5.74, 6) is 1.67. The molecule has 19 heavy (non-hydrogen) atoms. The summed E-state index contributed by atoms with van der Waals surface area (Å²) in [6, 6.07) is 11.7. The Morgan fingerprint density at radius 3 is 2.53 bits per heavy atom. The number of nitrogens with zero attached hydrogens (tertiary/aromatic N) is 3. The summed E-state index contributed by atoms with van der Waals surface area (Å²) in [7, 11) is 3.18. The molecule has 3 rings (SSSR count). The maximum Gasteiger partial charge on any atom is 0.240 e. The Labute approximate surface area is 110 Å². The highest BCUT2D eigenvalue weighted by Crippen LogP contribution is 2.27. The number of rotatable bonds is 3. The van der Waals surface area contributed by atoms with Crippen LogP contribution in [-0.2, 0) is 0 Å². The van der Waals surface area contributed by atoms with Gasteiger partial charge in [0.1, 0.15) is 0 Å². The Bertz CT molecular complexity index is 707. The third-order valence-electron chi connectivity index (χ3n) is 2.91. The topological polar surface area (TPSA) is 48.7 Å². The van der Waals surface area contributed by atoms with Crippen LogP contribution in [0, 0.1) is 0 Å². The first-order valence-electron chi connectivity index (χ1n) is 5.85. The monoisotopic (exact) mass is 255 g/mol. The van der Waals surface area contributed by atoms with Crippen molar-refractivity contribution in [2.45, 2.75) is 0 Å². The number of aromatic nitrogens is 3. The van der Waals surface area contributed by atoms with Gasteiger partial charge in [-0.15, -0.1) is 0 Å². The summed E-state index contributed by atoms with van der Waals surface area (Å²) < 4.78 is 12.4. The lowest BCUT2D eigenvalue weighted by Gasteiger charge is -2.08. The Morgan fingerprint density at radius 1 is 1.05 bits per heavy atom. The van der Waals surface area contributed by atoms with Gasteiger partial charge in [0.25, 0.3) is 0 Å². The molecule has 0 N–H and O–H groups in total. The van der Waals surface area contributed by atoms with Crippen molar-refractivity contribution in [3.63, 3.8) is 0 Å². The molecule has 0 unspecified atom stereocenters. The van der Waals surface area contributed by atoms with Crippen molar-refractivity contribution >= 4 is 5.78 Å². The fourth-order valence-electron chi connectivity index (χ4n) is 2.01. The molecule has 0 bridgehead atoms. The van der Waals surface area contributed by atoms with Crippen LogP contribution in [0.3, 0.4) is 0 Å². The van der Waals surface area contributed by atoms with Crippen molar-refractivity contribution in [1.29, 1.82) is 0 Å². The molecule has 0 atom stereocenters. The van der Waals surface area contributed by atoms with Crippen molar-refractivity contribution in [2.75, 3.05) is 14.2 Å². The van der Waals surface area contributed by atoms with Crippen LogP contribution in [-0.4, -0.2) is 28.6 Å². The maximum absolute atomic E-state index is 5.39. The van der Waals surface area contributed by atoms with E-state index in [1.54, 1.807) is 26.5 Å². The first kappa shape index (κ1) is 11.5. The minimum atomic E-state index is 0.481. The van der Waals surface area contributed by atoms with Gasteiger partial charge in [-0.1, -0.05) is 30.3 Å². The zero-order valence-corrected chi connectivity index (χ0v) is 10.7. The average Bonchev–Trinajstić information content (AvgIpc) is 2.91. The first-order valence-corrected chi connectivity index (χ1v) is 5.85. The normalized spacial score (nSPS) is 10.6. The summed E-state index contributed by atoms with van der Waals surface area (Å²) in [5.41, 5.74) is 1.99. The molecule has 3 aromatic rings. The van der Waals surface area contributed by atoms with Crippen molar-refractivity contribution in [3.8, 4) is 23.0 Å². The molecular weight excluding hydrogens is 242 g/mol. The Hall–Kier alpha value is -2.56. The van der Waals surface area contributed by atoms with Crippen LogP contribution in [0.15, 0.2) is 42.6 Å². The molecule has 0 aliphatic carbocycles. The van der Waals surface area contributed by atoms with Crippen LogP contribution in [0.1, 0.15) is 0 Å². The zero-order valence-electron chi connectivity index (χ0n) is 10.7. The number of methoxy groups -OCH3 is 2. The summed E-state index contributed by atoms with van der Waals surface area (Å²) in [6.07, 6.45) is 1.78. The molecule has 0 fully saturated rings. The predicted molar refractivity (Wildman–Crippen MR) is 71.5 cm³/mol. The predicted octanol–water partition coefficient (Wildman–Crippen LogP) is 2.41. The second-order valence-electron chi connectivity index (χ2n) is 3.99. The molecule has 96 valence electrons. The van der Waals surface area contributed by atoms with Gasteiger partial charge in [0.2, 0.25) is 17.5 Å². The van der Waals surface area contributed by atoms with Crippen molar-refractivity contribution in [3.05, 3.63) is 42.6 Å². The average molecular weight is 255 g/mol. The lowest BCUT2D eigenvalue weighted by molar-refractivity contribution is 0.370. The van der Waals surface area contributed by atoms with Gasteiger partial charge in [-0.25, -0.2) is 9.38 Å². The first-order chi connectivity index (χ1) is 9.33. The highest BCUT2D eigenvalue weighted by atomic mass is 16.5. The van der Waals surface area contributed by atoms with E-state index in [2.05, 4.69) is 9.97 Å². The van der Waals surface area contributed by atoms with E-state index in [4.69, 9.17) is 9.47 Å². The van der Waals surface area contributed by atoms with Gasteiger partial charge in [0.15, 0.2) is 0 Å². The van der Waals surface area contributed by atoms with Crippen LogP contribution in [0.25, 0.3) is 17.0 Å². The second-order valence-corrected chi connectivity index (χ2v) is 3.99. The molecule has 5 nitrogen and oxygen atoms in total. The standard InChI is InChI=1S/C14H13N3O2/c1-18-12-8-13(19-2)17-11(9-15-14(17)16-12)10-6-4-3-5-7-10/h3-9H,1-2H3. The van der Waals surface area contributed by atoms with E-state index in [1.807, 2.05) is 34.7 Å². The van der Waals surface area contributed by atoms with Gasteiger partial charge in [0, 0.05) is 5.56 Å². The minimum Gasteiger partial charge on any atom is -0.482 e. The molecule has 5 heteroatoms. The highest BCUT2D eigenvalue weighted by Gasteiger charge is 2.13. The van der Waals surface area contributed by atoms with Gasteiger partial charge >= 0.3 is 0 Å². The Balaban J connectivity index is 2.28. The SMILES string of the molecule is COc1cc(OC)n2c(-c3ccccc3)cnc2n1. The number of benzene rings is 1. The summed E-state index contributed by atoms with van der Waals surface area (Å²) in [4.78, 5) is 8.60. The van der Waals surface area contributed by atoms with Crippen LogP contribution in [0.5, 0.6) is 11.8 Å². The fraction of sp³-hybridized carbons (Fsp3) is 0.143. The fourth-order valence-corrected chi connectivity index (χ4v) is 2.01. The third kappa shape index (κ3) is 1.89. The largest absolute Gasteiger partial charge is 0.482 e. The number of hydrogen-bond donors (Lipinski definition) is 0. The number of imidazole rings is 1. The van der Waals surface area contributed by atoms with E-state index in [1.165, 1.54) is 0 Å². The lowest BCUT2D eigenvalue weighted by atomic mass is 10.2. The summed E-state index contributed by atoms with van der Waals surface area (Å²) in [5, 5.41) is 0. The molecule has 0 spiro atoms. The van der Waals surface area contributed by atoms with Gasteiger partial charge in [-0.05, 0) is 0 Å². The Morgan fingerprint density at radius 2 is 1.84 bits per heavy atom. The van der Waals surface area contributed by atoms with E-state index in [0.29, 0.717) is 17.5 Å². The van der Waals surface area contributed by atoms with Gasteiger partial charge in [-0.2, -0.15) is 4.98 Å². The molecule has 2 aromatic heterocycles. The van der Waals surface area contributed by atoms with Crippen molar-refractivity contribution in [1.82, 2.24) is 14.4 Å².